The minimum absolute atomic E-state index is 0.0233. The second-order valence-electron chi connectivity index (χ2n) is 10.2. The van der Waals surface area contributed by atoms with Crippen LogP contribution in [0.4, 0.5) is 0 Å². The van der Waals surface area contributed by atoms with Crippen molar-refractivity contribution >= 4 is 13.3 Å². The number of rotatable bonds is 7. The first-order valence-corrected chi connectivity index (χ1v) is 13.3. The van der Waals surface area contributed by atoms with Crippen LogP contribution in [0.3, 0.4) is 0 Å². The molecular weight excluding hydrogens is 356 g/mol. The van der Waals surface area contributed by atoms with Crippen molar-refractivity contribution in [1.82, 2.24) is 0 Å². The van der Waals surface area contributed by atoms with Crippen molar-refractivity contribution in [2.75, 3.05) is 6.61 Å². The molecule has 1 aromatic rings. The third-order valence-electron chi connectivity index (χ3n) is 6.29. The fourth-order valence-corrected chi connectivity index (χ4v) is 8.99. The second kappa shape index (κ2) is 8.45. The monoisotopic (exact) mass is 396 g/mol. The van der Waals surface area contributed by atoms with Gasteiger partial charge in [-0.2, -0.15) is 0 Å². The molecule has 0 spiro atoms. The van der Waals surface area contributed by atoms with E-state index in [2.05, 4.69) is 98.4 Å². The maximum Gasteiger partial charge on any atom is 0.122 e. The molecule has 1 aliphatic rings. The molecule has 0 aliphatic heterocycles. The van der Waals surface area contributed by atoms with Crippen molar-refractivity contribution in [2.24, 2.45) is 0 Å². The van der Waals surface area contributed by atoms with Gasteiger partial charge in [-0.25, -0.2) is 0 Å². The van der Waals surface area contributed by atoms with Crippen molar-refractivity contribution in [2.45, 2.75) is 83.8 Å². The lowest BCUT2D eigenvalue weighted by Crippen LogP contribution is -2.51. The summed E-state index contributed by atoms with van der Waals surface area (Å²) in [7, 11) is -1.83. The molecule has 0 N–H and O–H groups in total. The van der Waals surface area contributed by atoms with E-state index < -0.39 is 8.07 Å². The third-order valence-corrected chi connectivity index (χ3v) is 11.9. The number of ether oxygens (including phenoxy) is 1. The van der Waals surface area contributed by atoms with E-state index in [0.29, 0.717) is 12.1 Å². The Labute approximate surface area is 174 Å². The topological polar surface area (TPSA) is 9.23 Å². The highest BCUT2D eigenvalue weighted by Crippen LogP contribution is 2.41. The summed E-state index contributed by atoms with van der Waals surface area (Å²) in [6.07, 6.45) is 11.1. The van der Waals surface area contributed by atoms with E-state index in [0.717, 1.165) is 5.75 Å². The Morgan fingerprint density at radius 2 is 1.54 bits per heavy atom. The maximum atomic E-state index is 6.45. The number of allylic oxidation sites excluding steroid dienone is 4. The van der Waals surface area contributed by atoms with Gasteiger partial charge in [0.05, 0.1) is 0 Å². The van der Waals surface area contributed by atoms with E-state index in [9.17, 15) is 0 Å². The van der Waals surface area contributed by atoms with Crippen LogP contribution in [0.1, 0.15) is 66.5 Å². The van der Waals surface area contributed by atoms with Gasteiger partial charge in [0.2, 0.25) is 0 Å². The molecule has 2 heteroatoms. The lowest BCUT2D eigenvalue weighted by Gasteiger charge is -2.39. The normalized spacial score (nSPS) is 15.3. The summed E-state index contributed by atoms with van der Waals surface area (Å²) < 4.78 is 6.45. The largest absolute Gasteiger partial charge is 0.489 e. The zero-order chi connectivity index (χ0) is 21.2. The Kier molecular flexibility index (Phi) is 6.86. The molecule has 0 heterocycles. The van der Waals surface area contributed by atoms with Gasteiger partial charge < -0.3 is 4.74 Å². The first-order valence-electron chi connectivity index (χ1n) is 10.8. The van der Waals surface area contributed by atoms with Gasteiger partial charge in [0.15, 0.2) is 0 Å². The SMILES string of the molecule is C=CCOc1c(C(C)(C)C)cc(C(C)(C)C)cc1[Si](CC)(CC)C1C=CC=C1. The quantitative estimate of drug-likeness (QED) is 0.355. The molecule has 0 unspecified atom stereocenters. The summed E-state index contributed by atoms with van der Waals surface area (Å²) in [6, 6.07) is 7.31. The molecule has 0 fully saturated rings. The zero-order valence-corrected chi connectivity index (χ0v) is 20.4. The van der Waals surface area contributed by atoms with Crippen LogP contribution in [-0.4, -0.2) is 14.7 Å². The van der Waals surface area contributed by atoms with Crippen molar-refractivity contribution in [3.05, 3.63) is 60.2 Å². The summed E-state index contributed by atoms with van der Waals surface area (Å²) in [4.78, 5) is 0. The lowest BCUT2D eigenvalue weighted by atomic mass is 9.80. The van der Waals surface area contributed by atoms with Crippen LogP contribution in [0.5, 0.6) is 5.75 Å². The molecule has 0 aromatic heterocycles. The van der Waals surface area contributed by atoms with Gasteiger partial charge in [-0.1, -0.05) is 117 Å². The fraction of sp³-hybridized carbons (Fsp3) is 0.538. The van der Waals surface area contributed by atoms with Gasteiger partial charge in [-0.3, -0.25) is 0 Å². The Morgan fingerprint density at radius 1 is 0.964 bits per heavy atom. The van der Waals surface area contributed by atoms with Gasteiger partial charge in [-0.05, 0) is 32.7 Å². The number of hydrogen-bond acceptors (Lipinski definition) is 1. The Bertz CT molecular complexity index is 740. The third kappa shape index (κ3) is 4.38. The Balaban J connectivity index is 2.89. The molecule has 0 amide bonds. The van der Waals surface area contributed by atoms with Gasteiger partial charge in [-0.15, -0.1) is 0 Å². The van der Waals surface area contributed by atoms with E-state index in [4.69, 9.17) is 4.74 Å². The molecule has 154 valence electrons. The van der Waals surface area contributed by atoms with Crippen molar-refractivity contribution in [1.29, 1.82) is 0 Å². The zero-order valence-electron chi connectivity index (χ0n) is 19.4. The minimum atomic E-state index is -1.83. The molecule has 0 saturated heterocycles. The van der Waals surface area contributed by atoms with E-state index >= 15 is 0 Å². The first kappa shape index (κ1) is 22.7. The highest BCUT2D eigenvalue weighted by Gasteiger charge is 2.42. The van der Waals surface area contributed by atoms with Crippen LogP contribution in [0.2, 0.25) is 17.6 Å². The highest BCUT2D eigenvalue weighted by molar-refractivity contribution is 6.94. The summed E-state index contributed by atoms with van der Waals surface area (Å²) in [6.45, 7) is 23.1. The van der Waals surface area contributed by atoms with E-state index in [-0.39, 0.29) is 10.8 Å². The van der Waals surface area contributed by atoms with Crippen molar-refractivity contribution in [3.63, 3.8) is 0 Å². The molecule has 0 saturated carbocycles. The highest BCUT2D eigenvalue weighted by atomic mass is 28.3. The molecule has 1 aliphatic carbocycles. The van der Waals surface area contributed by atoms with Crippen LogP contribution < -0.4 is 9.92 Å². The first-order chi connectivity index (χ1) is 13.0. The van der Waals surface area contributed by atoms with Gasteiger partial charge in [0, 0.05) is 0 Å². The van der Waals surface area contributed by atoms with Crippen LogP contribution in [0.15, 0.2) is 49.1 Å². The smallest absolute Gasteiger partial charge is 0.122 e. The van der Waals surface area contributed by atoms with Gasteiger partial charge >= 0.3 is 0 Å². The van der Waals surface area contributed by atoms with E-state index in [1.807, 2.05) is 6.08 Å². The summed E-state index contributed by atoms with van der Waals surface area (Å²) in [5.41, 5.74) is 3.42. The molecule has 1 aromatic carbocycles. The second-order valence-corrected chi connectivity index (χ2v) is 15.1. The summed E-state index contributed by atoms with van der Waals surface area (Å²) in [5, 5.41) is 1.50. The molecule has 1 nitrogen and oxygen atoms in total. The molecule has 0 atom stereocenters. The van der Waals surface area contributed by atoms with E-state index in [1.165, 1.54) is 28.4 Å². The van der Waals surface area contributed by atoms with Crippen LogP contribution in [-0.2, 0) is 10.8 Å². The lowest BCUT2D eigenvalue weighted by molar-refractivity contribution is 0.353. The maximum absolute atomic E-state index is 6.45. The number of hydrogen-bond donors (Lipinski definition) is 0. The predicted octanol–water partition coefficient (Wildman–Crippen LogP) is 7.04. The molecule has 0 radical (unpaired) electrons. The molecular formula is C26H40OSi. The molecule has 0 bridgehead atoms. The standard InChI is InChI=1S/C26H40OSi/c1-10-17-27-24-22(26(7,8)9)18-20(25(4,5)6)19-23(24)28(11-2,12-3)21-15-13-14-16-21/h10,13-16,18-19,21H,1,11-12,17H2,2-9H3. The summed E-state index contributed by atoms with van der Waals surface area (Å²) >= 11 is 0. The van der Waals surface area contributed by atoms with Crippen LogP contribution >= 0.6 is 0 Å². The van der Waals surface area contributed by atoms with Crippen LogP contribution in [0.25, 0.3) is 0 Å². The molecule has 2 rings (SSSR count). The van der Waals surface area contributed by atoms with Crippen molar-refractivity contribution in [3.8, 4) is 5.75 Å². The average Bonchev–Trinajstić information content (AvgIpc) is 3.15. The van der Waals surface area contributed by atoms with E-state index in [1.54, 1.807) is 0 Å². The fourth-order valence-electron chi connectivity index (χ4n) is 4.37. The Hall–Kier alpha value is -1.54. The predicted molar refractivity (Wildman–Crippen MR) is 128 cm³/mol. The van der Waals surface area contributed by atoms with Gasteiger partial charge in [0.1, 0.15) is 20.4 Å². The van der Waals surface area contributed by atoms with Crippen LogP contribution in [0, 0.1) is 0 Å². The minimum Gasteiger partial charge on any atom is -0.489 e. The van der Waals surface area contributed by atoms with Gasteiger partial charge in [0.25, 0.3) is 0 Å². The molecule has 28 heavy (non-hydrogen) atoms. The summed E-state index contributed by atoms with van der Waals surface area (Å²) in [5.74, 6) is 1.13. The van der Waals surface area contributed by atoms with Crippen molar-refractivity contribution < 1.29 is 4.74 Å². The number of benzene rings is 1. The average molecular weight is 397 g/mol. The Morgan fingerprint density at radius 3 is 1.96 bits per heavy atom.